The second-order valence-corrected chi connectivity index (χ2v) is 4.58. The molecule has 6 nitrogen and oxygen atoms in total. The molecular formula is C13H19ClN2O4. The standard InChI is InChI=1S/C13H19ClN2O4/c14-10-2-1-3-12(6-10)20-8-11(17)7-16-4-5-19-9-13(15)18/h1-3,6,11,16-17H,4-5,7-9H2,(H2,15,18). The Morgan fingerprint density at radius 1 is 1.50 bits per heavy atom. The Hall–Kier alpha value is -1.34. The van der Waals surface area contributed by atoms with Crippen molar-refractivity contribution in [3.63, 3.8) is 0 Å². The summed E-state index contributed by atoms with van der Waals surface area (Å²) < 4.78 is 10.3. The van der Waals surface area contributed by atoms with Crippen LogP contribution in [-0.4, -0.2) is 50.0 Å². The van der Waals surface area contributed by atoms with E-state index in [4.69, 9.17) is 26.8 Å². The van der Waals surface area contributed by atoms with Crippen molar-refractivity contribution in [2.24, 2.45) is 5.73 Å². The van der Waals surface area contributed by atoms with Gasteiger partial charge in [-0.3, -0.25) is 4.79 Å². The van der Waals surface area contributed by atoms with Crippen LogP contribution in [0.2, 0.25) is 5.02 Å². The first-order valence-electron chi connectivity index (χ1n) is 6.21. The minimum absolute atomic E-state index is 0.0951. The lowest BCUT2D eigenvalue weighted by Crippen LogP contribution is -2.33. The number of rotatable bonds is 10. The zero-order valence-corrected chi connectivity index (χ0v) is 11.8. The molecule has 1 rings (SSSR count). The quantitative estimate of drug-likeness (QED) is 0.536. The van der Waals surface area contributed by atoms with Crippen molar-refractivity contribution in [3.8, 4) is 5.75 Å². The van der Waals surface area contributed by atoms with Crippen LogP contribution in [0.3, 0.4) is 0 Å². The summed E-state index contributed by atoms with van der Waals surface area (Å²) in [6.45, 7) is 1.30. The SMILES string of the molecule is NC(=O)COCCNCC(O)COc1cccc(Cl)c1. The van der Waals surface area contributed by atoms with Crippen LogP contribution in [0.15, 0.2) is 24.3 Å². The number of benzene rings is 1. The highest BCUT2D eigenvalue weighted by Crippen LogP contribution is 2.17. The van der Waals surface area contributed by atoms with Gasteiger partial charge in [0, 0.05) is 18.1 Å². The third-order valence-corrected chi connectivity index (χ3v) is 2.52. The predicted octanol–water partition coefficient (Wildman–Crippen LogP) is 0.171. The lowest BCUT2D eigenvalue weighted by atomic mass is 10.3. The van der Waals surface area contributed by atoms with Gasteiger partial charge in [-0.05, 0) is 18.2 Å². The summed E-state index contributed by atoms with van der Waals surface area (Å²) in [4.78, 5) is 10.4. The van der Waals surface area contributed by atoms with Gasteiger partial charge in [0.2, 0.25) is 5.91 Å². The molecule has 20 heavy (non-hydrogen) atoms. The smallest absolute Gasteiger partial charge is 0.243 e. The van der Waals surface area contributed by atoms with Crippen molar-refractivity contribution in [1.29, 1.82) is 0 Å². The van der Waals surface area contributed by atoms with Gasteiger partial charge in [-0.15, -0.1) is 0 Å². The molecule has 1 amide bonds. The summed E-state index contributed by atoms with van der Waals surface area (Å²) in [5.41, 5.74) is 4.91. The number of hydrogen-bond acceptors (Lipinski definition) is 5. The molecule has 112 valence electrons. The highest BCUT2D eigenvalue weighted by Gasteiger charge is 2.05. The molecule has 0 aliphatic rings. The predicted molar refractivity (Wildman–Crippen MR) is 75.8 cm³/mol. The Morgan fingerprint density at radius 2 is 2.30 bits per heavy atom. The molecule has 0 fully saturated rings. The van der Waals surface area contributed by atoms with Crippen LogP contribution in [0, 0.1) is 0 Å². The van der Waals surface area contributed by atoms with Crippen LogP contribution in [0.1, 0.15) is 0 Å². The molecule has 7 heteroatoms. The van der Waals surface area contributed by atoms with Crippen molar-refractivity contribution in [2.45, 2.75) is 6.10 Å². The number of hydrogen-bond donors (Lipinski definition) is 3. The largest absolute Gasteiger partial charge is 0.491 e. The molecule has 0 saturated carbocycles. The number of halogens is 1. The first-order chi connectivity index (χ1) is 9.58. The summed E-state index contributed by atoms with van der Waals surface area (Å²) >= 11 is 5.81. The van der Waals surface area contributed by atoms with E-state index >= 15 is 0 Å². The number of primary amides is 1. The number of nitrogens with two attached hydrogens (primary N) is 1. The Morgan fingerprint density at radius 3 is 3.00 bits per heavy atom. The number of carbonyl (C=O) groups excluding carboxylic acids is 1. The molecule has 0 saturated heterocycles. The molecule has 4 N–H and O–H groups in total. The van der Waals surface area contributed by atoms with Gasteiger partial charge >= 0.3 is 0 Å². The van der Waals surface area contributed by atoms with E-state index in [0.717, 1.165) is 0 Å². The maximum Gasteiger partial charge on any atom is 0.243 e. The zero-order valence-electron chi connectivity index (χ0n) is 11.0. The van der Waals surface area contributed by atoms with Crippen molar-refractivity contribution >= 4 is 17.5 Å². The van der Waals surface area contributed by atoms with E-state index in [0.29, 0.717) is 30.5 Å². The maximum atomic E-state index is 10.4. The van der Waals surface area contributed by atoms with Crippen LogP contribution in [-0.2, 0) is 9.53 Å². The summed E-state index contributed by atoms with van der Waals surface area (Å²) in [6.07, 6.45) is -0.648. The lowest BCUT2D eigenvalue weighted by molar-refractivity contribution is -0.122. The van der Waals surface area contributed by atoms with Gasteiger partial charge in [-0.25, -0.2) is 0 Å². The van der Waals surface area contributed by atoms with E-state index in [9.17, 15) is 9.90 Å². The van der Waals surface area contributed by atoms with E-state index < -0.39 is 12.0 Å². The third-order valence-electron chi connectivity index (χ3n) is 2.29. The summed E-state index contributed by atoms with van der Waals surface area (Å²) in [6, 6.07) is 6.97. The Bertz CT molecular complexity index is 417. The van der Waals surface area contributed by atoms with Gasteiger partial charge in [0.15, 0.2) is 0 Å². The monoisotopic (exact) mass is 302 g/mol. The molecule has 0 bridgehead atoms. The minimum Gasteiger partial charge on any atom is -0.491 e. The summed E-state index contributed by atoms with van der Waals surface area (Å²) in [5, 5.41) is 13.2. The van der Waals surface area contributed by atoms with Crippen molar-refractivity contribution < 1.29 is 19.4 Å². The van der Waals surface area contributed by atoms with Gasteiger partial charge in [-0.1, -0.05) is 17.7 Å². The molecule has 0 aromatic heterocycles. The normalized spacial score (nSPS) is 12.1. The average molecular weight is 303 g/mol. The van der Waals surface area contributed by atoms with Gasteiger partial charge < -0.3 is 25.6 Å². The number of ether oxygens (including phenoxy) is 2. The van der Waals surface area contributed by atoms with Crippen LogP contribution >= 0.6 is 11.6 Å². The Labute approximate surface area is 122 Å². The highest BCUT2D eigenvalue weighted by molar-refractivity contribution is 6.30. The number of carbonyl (C=O) groups is 1. The zero-order chi connectivity index (χ0) is 14.8. The molecular weight excluding hydrogens is 284 g/mol. The number of aliphatic hydroxyl groups excluding tert-OH is 1. The fourth-order valence-electron chi connectivity index (χ4n) is 1.39. The van der Waals surface area contributed by atoms with Crippen LogP contribution in [0.4, 0.5) is 0 Å². The van der Waals surface area contributed by atoms with Gasteiger partial charge in [0.25, 0.3) is 0 Å². The molecule has 0 aliphatic heterocycles. The van der Waals surface area contributed by atoms with Gasteiger partial charge in [0.05, 0.1) is 6.61 Å². The maximum absolute atomic E-state index is 10.4. The first-order valence-corrected chi connectivity index (χ1v) is 6.59. The van der Waals surface area contributed by atoms with Crippen LogP contribution < -0.4 is 15.8 Å². The molecule has 1 aromatic rings. The highest BCUT2D eigenvalue weighted by atomic mass is 35.5. The van der Waals surface area contributed by atoms with Gasteiger partial charge in [-0.2, -0.15) is 0 Å². The van der Waals surface area contributed by atoms with Crippen molar-refractivity contribution in [2.75, 3.05) is 32.9 Å². The third kappa shape index (κ3) is 7.96. The molecule has 0 heterocycles. The van der Waals surface area contributed by atoms with Crippen LogP contribution in [0.5, 0.6) is 5.75 Å². The Balaban J connectivity index is 2.06. The molecule has 1 atom stereocenters. The summed E-state index contributed by atoms with van der Waals surface area (Å²) in [7, 11) is 0. The van der Waals surface area contributed by atoms with Crippen LogP contribution in [0.25, 0.3) is 0 Å². The number of nitrogens with one attached hydrogen (secondary N) is 1. The van der Waals surface area contributed by atoms with Crippen molar-refractivity contribution in [3.05, 3.63) is 29.3 Å². The van der Waals surface area contributed by atoms with Gasteiger partial charge in [0.1, 0.15) is 25.1 Å². The molecule has 0 radical (unpaired) electrons. The second kappa shape index (κ2) is 9.55. The first kappa shape index (κ1) is 16.7. The molecule has 1 unspecified atom stereocenters. The number of aliphatic hydroxyl groups is 1. The van der Waals surface area contributed by atoms with E-state index in [2.05, 4.69) is 5.32 Å². The van der Waals surface area contributed by atoms with E-state index in [1.54, 1.807) is 24.3 Å². The van der Waals surface area contributed by atoms with Crippen molar-refractivity contribution in [1.82, 2.24) is 5.32 Å². The fourth-order valence-corrected chi connectivity index (χ4v) is 1.57. The van der Waals surface area contributed by atoms with E-state index in [-0.39, 0.29) is 13.2 Å². The topological polar surface area (TPSA) is 93.8 Å². The number of amides is 1. The molecule has 1 aromatic carbocycles. The molecule has 0 spiro atoms. The van der Waals surface area contributed by atoms with E-state index in [1.165, 1.54) is 0 Å². The summed E-state index contributed by atoms with van der Waals surface area (Å²) in [5.74, 6) is 0.112. The minimum atomic E-state index is -0.648. The molecule has 0 aliphatic carbocycles. The Kier molecular flexibility index (Phi) is 7.98. The fraction of sp³-hybridized carbons (Fsp3) is 0.462. The second-order valence-electron chi connectivity index (χ2n) is 4.15. The lowest BCUT2D eigenvalue weighted by Gasteiger charge is -2.13. The average Bonchev–Trinajstić information content (AvgIpc) is 2.40. The van der Waals surface area contributed by atoms with E-state index in [1.807, 2.05) is 0 Å².